The molecule has 20 heavy (non-hydrogen) atoms. The van der Waals surface area contributed by atoms with Gasteiger partial charge in [0.05, 0.1) is 6.04 Å². The van der Waals surface area contributed by atoms with E-state index in [4.69, 9.17) is 0 Å². The van der Waals surface area contributed by atoms with Crippen molar-refractivity contribution in [2.75, 3.05) is 6.61 Å². The van der Waals surface area contributed by atoms with Gasteiger partial charge in [-0.05, 0) is 19.8 Å². The van der Waals surface area contributed by atoms with E-state index < -0.39 is 39.8 Å². The topological polar surface area (TPSA) is 72.5 Å². The summed E-state index contributed by atoms with van der Waals surface area (Å²) >= 11 is 0. The number of halogens is 4. The molecule has 0 spiro atoms. The van der Waals surface area contributed by atoms with Gasteiger partial charge in [-0.25, -0.2) is 22.3 Å². The molecule has 0 amide bonds. The highest BCUT2D eigenvalue weighted by molar-refractivity contribution is 7.90. The number of hydrogen-bond acceptors (Lipinski definition) is 4. The van der Waals surface area contributed by atoms with Crippen LogP contribution in [0.15, 0.2) is 0 Å². The van der Waals surface area contributed by atoms with Crippen LogP contribution in [0.2, 0.25) is 0 Å². The molecular formula is C10H17F4NO4S. The Balaban J connectivity index is 4.65. The lowest BCUT2D eigenvalue weighted by molar-refractivity contribution is -0.157. The number of carbonyl (C=O) groups excluding carboxylic acids is 1. The normalized spacial score (nSPS) is 17.4. The summed E-state index contributed by atoms with van der Waals surface area (Å²) in [5.74, 6) is -1.25. The zero-order valence-electron chi connectivity index (χ0n) is 11.3. The van der Waals surface area contributed by atoms with Crippen LogP contribution in [-0.4, -0.2) is 38.2 Å². The molecule has 0 aromatic carbocycles. The molecule has 120 valence electrons. The van der Waals surface area contributed by atoms with Gasteiger partial charge >= 0.3 is 21.5 Å². The van der Waals surface area contributed by atoms with Gasteiger partial charge in [0.2, 0.25) is 5.67 Å². The second kappa shape index (κ2) is 6.70. The van der Waals surface area contributed by atoms with Crippen LogP contribution in [0.5, 0.6) is 0 Å². The van der Waals surface area contributed by atoms with E-state index in [1.165, 1.54) is 18.6 Å². The number of nitrogens with one attached hydrogen (secondary N) is 1. The highest BCUT2D eigenvalue weighted by atomic mass is 32.2. The maximum Gasteiger partial charge on any atom is 0.511 e. The molecule has 0 saturated heterocycles. The fourth-order valence-electron chi connectivity index (χ4n) is 0.993. The Morgan fingerprint density at radius 2 is 1.75 bits per heavy atom. The summed E-state index contributed by atoms with van der Waals surface area (Å²) in [5.41, 5.74) is -7.72. The minimum atomic E-state index is -5.53. The van der Waals surface area contributed by atoms with Crippen LogP contribution < -0.4 is 4.72 Å². The first-order chi connectivity index (χ1) is 8.87. The molecule has 0 aliphatic rings. The van der Waals surface area contributed by atoms with Crippen molar-refractivity contribution in [2.24, 2.45) is 0 Å². The third-order valence-corrected chi connectivity index (χ3v) is 3.88. The average Bonchev–Trinajstić information content (AvgIpc) is 2.32. The van der Waals surface area contributed by atoms with E-state index >= 15 is 0 Å². The predicted octanol–water partition coefficient (Wildman–Crippen LogP) is 1.89. The molecule has 0 bridgehead atoms. The number of ether oxygens (including phenoxy) is 1. The number of rotatable bonds is 7. The molecule has 0 aliphatic carbocycles. The predicted molar refractivity (Wildman–Crippen MR) is 63.0 cm³/mol. The first-order valence-electron chi connectivity index (χ1n) is 5.82. The third kappa shape index (κ3) is 5.23. The van der Waals surface area contributed by atoms with Crippen LogP contribution >= 0.6 is 0 Å². The SMILES string of the molecule is CCC(COC(=O)C(C)(F)CC)NS(=O)(=O)C(F)(F)F. The number of sulfonamides is 1. The lowest BCUT2D eigenvalue weighted by atomic mass is 10.1. The minimum absolute atomic E-state index is 0.0578. The van der Waals surface area contributed by atoms with Gasteiger partial charge in [-0.3, -0.25) is 0 Å². The molecule has 0 radical (unpaired) electrons. The minimum Gasteiger partial charge on any atom is -0.462 e. The van der Waals surface area contributed by atoms with Crippen LogP contribution in [0.1, 0.15) is 33.6 Å². The maximum atomic E-state index is 13.5. The smallest absolute Gasteiger partial charge is 0.462 e. The fourth-order valence-corrected chi connectivity index (χ4v) is 1.80. The number of esters is 1. The van der Waals surface area contributed by atoms with E-state index in [9.17, 15) is 30.8 Å². The summed E-state index contributed by atoms with van der Waals surface area (Å²) in [6.45, 7) is 3.08. The molecule has 0 heterocycles. The van der Waals surface area contributed by atoms with Gasteiger partial charge in [0, 0.05) is 0 Å². The van der Waals surface area contributed by atoms with Crippen molar-refractivity contribution in [3.05, 3.63) is 0 Å². The van der Waals surface area contributed by atoms with Gasteiger partial charge in [-0.1, -0.05) is 13.8 Å². The summed E-state index contributed by atoms with van der Waals surface area (Å²) in [6.07, 6.45) is -0.228. The van der Waals surface area contributed by atoms with E-state index in [0.717, 1.165) is 6.92 Å². The van der Waals surface area contributed by atoms with Crippen molar-refractivity contribution in [3.63, 3.8) is 0 Å². The van der Waals surface area contributed by atoms with Crippen LogP contribution in [0.4, 0.5) is 17.6 Å². The quantitative estimate of drug-likeness (QED) is 0.573. The summed E-state index contributed by atoms with van der Waals surface area (Å²) in [6, 6.07) is -1.28. The molecule has 0 aromatic rings. The van der Waals surface area contributed by atoms with E-state index in [0.29, 0.717) is 0 Å². The second-order valence-electron chi connectivity index (χ2n) is 4.32. The van der Waals surface area contributed by atoms with Crippen LogP contribution in [0.3, 0.4) is 0 Å². The van der Waals surface area contributed by atoms with E-state index in [2.05, 4.69) is 4.74 Å². The summed E-state index contributed by atoms with van der Waals surface area (Å²) in [4.78, 5) is 11.3. The second-order valence-corrected chi connectivity index (χ2v) is 6.03. The number of carbonyl (C=O) groups is 1. The highest BCUT2D eigenvalue weighted by Crippen LogP contribution is 2.22. The zero-order valence-corrected chi connectivity index (χ0v) is 12.1. The first-order valence-corrected chi connectivity index (χ1v) is 7.30. The Kier molecular flexibility index (Phi) is 6.40. The highest BCUT2D eigenvalue weighted by Gasteiger charge is 2.46. The Morgan fingerprint density at radius 3 is 2.10 bits per heavy atom. The summed E-state index contributed by atoms with van der Waals surface area (Å²) in [7, 11) is -5.53. The van der Waals surface area contributed by atoms with E-state index in [1.54, 1.807) is 0 Å². The van der Waals surface area contributed by atoms with Crippen molar-refractivity contribution in [1.29, 1.82) is 0 Å². The fraction of sp³-hybridized carbons (Fsp3) is 0.900. The largest absolute Gasteiger partial charge is 0.511 e. The van der Waals surface area contributed by atoms with Crippen LogP contribution in [0, 0.1) is 0 Å². The standard InChI is InChI=1S/C10H17F4NO4S/c1-4-7(15-20(17,18)10(12,13)14)6-19-8(16)9(3,11)5-2/h7,15H,4-6H2,1-3H3. The summed E-state index contributed by atoms with van der Waals surface area (Å²) in [5, 5.41) is 0. The third-order valence-electron chi connectivity index (χ3n) is 2.62. The van der Waals surface area contributed by atoms with Crippen molar-refractivity contribution in [2.45, 2.75) is 50.8 Å². The van der Waals surface area contributed by atoms with Crippen LogP contribution in [0.25, 0.3) is 0 Å². The van der Waals surface area contributed by atoms with Crippen molar-refractivity contribution in [1.82, 2.24) is 4.72 Å². The molecule has 0 aliphatic heterocycles. The molecule has 5 nitrogen and oxygen atoms in total. The Labute approximate surface area is 114 Å². The summed E-state index contributed by atoms with van der Waals surface area (Å²) < 4.78 is 77.6. The van der Waals surface area contributed by atoms with Crippen molar-refractivity contribution in [3.8, 4) is 0 Å². The Bertz CT molecular complexity index is 433. The number of hydrogen-bond donors (Lipinski definition) is 1. The monoisotopic (exact) mass is 323 g/mol. The van der Waals surface area contributed by atoms with E-state index in [1.807, 2.05) is 0 Å². The molecule has 2 atom stereocenters. The van der Waals surface area contributed by atoms with Crippen LogP contribution in [-0.2, 0) is 19.6 Å². The molecule has 2 unspecified atom stereocenters. The van der Waals surface area contributed by atoms with Gasteiger partial charge in [-0.2, -0.15) is 13.2 Å². The zero-order chi connectivity index (χ0) is 16.2. The number of alkyl halides is 4. The lowest BCUT2D eigenvalue weighted by Crippen LogP contribution is -2.45. The molecule has 0 aromatic heterocycles. The van der Waals surface area contributed by atoms with Gasteiger partial charge < -0.3 is 4.74 Å². The van der Waals surface area contributed by atoms with Gasteiger partial charge in [0.15, 0.2) is 0 Å². The lowest BCUT2D eigenvalue weighted by Gasteiger charge is -2.21. The molecule has 0 saturated carbocycles. The first kappa shape index (κ1) is 19.1. The average molecular weight is 323 g/mol. The van der Waals surface area contributed by atoms with Crippen molar-refractivity contribution < 1.29 is 35.5 Å². The Hall–Kier alpha value is -0.900. The van der Waals surface area contributed by atoms with Gasteiger partial charge in [0.1, 0.15) is 6.61 Å². The Morgan fingerprint density at radius 1 is 1.25 bits per heavy atom. The van der Waals surface area contributed by atoms with Crippen molar-refractivity contribution >= 4 is 16.0 Å². The van der Waals surface area contributed by atoms with E-state index in [-0.39, 0.29) is 12.8 Å². The van der Waals surface area contributed by atoms with Gasteiger partial charge in [0.25, 0.3) is 0 Å². The molecular weight excluding hydrogens is 306 g/mol. The maximum absolute atomic E-state index is 13.5. The molecule has 10 heteroatoms. The molecule has 0 rings (SSSR count). The molecule has 0 fully saturated rings. The molecule has 1 N–H and O–H groups in total. The van der Waals surface area contributed by atoms with Gasteiger partial charge in [-0.15, -0.1) is 0 Å².